The molecule has 0 radical (unpaired) electrons. The Morgan fingerprint density at radius 3 is 2.77 bits per heavy atom. The van der Waals surface area contributed by atoms with Crippen molar-refractivity contribution < 1.29 is 4.74 Å². The summed E-state index contributed by atoms with van der Waals surface area (Å²) in [7, 11) is 1.73. The molecule has 3 rings (SSSR count). The predicted octanol–water partition coefficient (Wildman–Crippen LogP) is 4.31. The first kappa shape index (κ1) is 17.9. The fraction of sp³-hybridized carbons (Fsp3) is 0.211. The van der Waals surface area contributed by atoms with Crippen LogP contribution in [0.4, 0.5) is 5.13 Å². The van der Waals surface area contributed by atoms with Gasteiger partial charge in [0.25, 0.3) is 0 Å². The fourth-order valence-corrected chi connectivity index (χ4v) is 3.00. The number of nitrogens with one attached hydrogen (secondary N) is 2. The van der Waals surface area contributed by atoms with E-state index in [4.69, 9.17) is 4.74 Å². The number of pyridine rings is 1. The summed E-state index contributed by atoms with van der Waals surface area (Å²) < 4.78 is 5.97. The van der Waals surface area contributed by atoms with Gasteiger partial charge >= 0.3 is 0 Å². The Labute approximate surface area is 157 Å². The average molecular weight is 367 g/mol. The van der Waals surface area contributed by atoms with Crippen molar-refractivity contribution in [1.29, 1.82) is 0 Å². The van der Waals surface area contributed by atoms with Crippen LogP contribution in [-0.2, 0) is 0 Å². The molecular formula is C19H21N5OS. The second kappa shape index (κ2) is 8.44. The summed E-state index contributed by atoms with van der Waals surface area (Å²) in [5, 5.41) is 9.06. The fourth-order valence-electron chi connectivity index (χ4n) is 2.29. The monoisotopic (exact) mass is 367 g/mol. The minimum absolute atomic E-state index is 0.532. The van der Waals surface area contributed by atoms with Crippen LogP contribution in [0.3, 0.4) is 0 Å². The molecule has 0 spiro atoms. The zero-order valence-corrected chi connectivity index (χ0v) is 15.8. The van der Waals surface area contributed by atoms with E-state index in [-0.39, 0.29) is 0 Å². The number of nitrogens with zero attached hydrogens (tertiary/aromatic N) is 3. The van der Waals surface area contributed by atoms with Gasteiger partial charge in [-0.1, -0.05) is 17.7 Å². The molecule has 6 nitrogen and oxygen atoms in total. The molecule has 0 unspecified atom stereocenters. The molecule has 0 aliphatic carbocycles. The summed E-state index contributed by atoms with van der Waals surface area (Å²) in [6.07, 6.45) is 1.71. The van der Waals surface area contributed by atoms with Crippen molar-refractivity contribution in [2.24, 2.45) is 4.99 Å². The molecule has 0 bridgehead atoms. The Bertz CT molecular complexity index is 889. The van der Waals surface area contributed by atoms with Gasteiger partial charge in [0.2, 0.25) is 5.88 Å². The summed E-state index contributed by atoms with van der Waals surface area (Å²) in [5.41, 5.74) is 2.83. The van der Waals surface area contributed by atoms with Gasteiger partial charge in [-0.2, -0.15) is 0 Å². The van der Waals surface area contributed by atoms with E-state index in [0.717, 1.165) is 28.7 Å². The minimum atomic E-state index is 0.532. The van der Waals surface area contributed by atoms with Gasteiger partial charge in [-0.15, -0.1) is 11.3 Å². The van der Waals surface area contributed by atoms with Gasteiger partial charge in [0.1, 0.15) is 5.75 Å². The highest BCUT2D eigenvalue weighted by molar-refractivity contribution is 7.14. The van der Waals surface area contributed by atoms with Gasteiger partial charge in [-0.05, 0) is 38.1 Å². The van der Waals surface area contributed by atoms with E-state index in [1.54, 1.807) is 13.2 Å². The Morgan fingerprint density at radius 1 is 1.23 bits per heavy atom. The number of rotatable bonds is 5. The Kier molecular flexibility index (Phi) is 5.80. The largest absolute Gasteiger partial charge is 0.438 e. The summed E-state index contributed by atoms with van der Waals surface area (Å²) in [4.78, 5) is 13.2. The maximum Gasteiger partial charge on any atom is 0.228 e. The molecule has 0 aliphatic rings. The van der Waals surface area contributed by atoms with E-state index in [0.29, 0.717) is 11.8 Å². The molecule has 26 heavy (non-hydrogen) atoms. The van der Waals surface area contributed by atoms with Gasteiger partial charge in [0.05, 0.1) is 11.3 Å². The first-order chi connectivity index (χ1) is 12.7. The normalized spacial score (nSPS) is 11.3. The van der Waals surface area contributed by atoms with E-state index in [1.165, 1.54) is 16.9 Å². The molecule has 0 aliphatic heterocycles. The SMILES string of the molecule is CCNC(=NC)Nc1nc(-c2cccnc2Oc2ccc(C)cc2)cs1. The number of hydrogen-bond acceptors (Lipinski definition) is 5. The van der Waals surface area contributed by atoms with Crippen molar-refractivity contribution >= 4 is 22.4 Å². The standard InChI is InChI=1S/C19H21N5OS/c1-4-21-18(20-3)24-19-23-16(12-26-19)15-6-5-11-22-17(15)25-14-9-7-13(2)8-10-14/h5-12H,4H2,1-3H3,(H2,20,21,23,24). The Hall–Kier alpha value is -2.93. The number of aromatic nitrogens is 2. The molecule has 7 heteroatoms. The highest BCUT2D eigenvalue weighted by Crippen LogP contribution is 2.33. The lowest BCUT2D eigenvalue weighted by Gasteiger charge is -2.09. The Balaban J connectivity index is 1.83. The van der Waals surface area contributed by atoms with Crippen LogP contribution < -0.4 is 15.4 Å². The smallest absolute Gasteiger partial charge is 0.228 e. The highest BCUT2D eigenvalue weighted by Gasteiger charge is 2.13. The molecule has 0 amide bonds. The van der Waals surface area contributed by atoms with Gasteiger partial charge in [-0.25, -0.2) is 9.97 Å². The van der Waals surface area contributed by atoms with Crippen molar-refractivity contribution in [3.8, 4) is 22.9 Å². The van der Waals surface area contributed by atoms with Crippen LogP contribution in [-0.4, -0.2) is 29.5 Å². The van der Waals surface area contributed by atoms with E-state index in [9.17, 15) is 0 Å². The Morgan fingerprint density at radius 2 is 2.04 bits per heavy atom. The van der Waals surface area contributed by atoms with Gasteiger partial charge in [-0.3, -0.25) is 4.99 Å². The summed E-state index contributed by atoms with van der Waals surface area (Å²) >= 11 is 1.50. The van der Waals surface area contributed by atoms with Crippen LogP contribution in [0.1, 0.15) is 12.5 Å². The average Bonchev–Trinajstić information content (AvgIpc) is 3.12. The number of aryl methyl sites for hydroxylation is 1. The van der Waals surface area contributed by atoms with Crippen LogP contribution in [0.2, 0.25) is 0 Å². The molecule has 0 fully saturated rings. The van der Waals surface area contributed by atoms with Gasteiger partial charge in [0, 0.05) is 25.2 Å². The quantitative estimate of drug-likeness (QED) is 0.519. The molecule has 0 atom stereocenters. The topological polar surface area (TPSA) is 71.4 Å². The van der Waals surface area contributed by atoms with Gasteiger partial charge < -0.3 is 15.4 Å². The summed E-state index contributed by atoms with van der Waals surface area (Å²) in [5.74, 6) is 1.97. The lowest BCUT2D eigenvalue weighted by atomic mass is 10.2. The summed E-state index contributed by atoms with van der Waals surface area (Å²) in [6.45, 7) is 4.85. The molecule has 2 N–H and O–H groups in total. The molecular weight excluding hydrogens is 346 g/mol. The van der Waals surface area contributed by atoms with Crippen molar-refractivity contribution in [2.75, 3.05) is 18.9 Å². The maximum atomic E-state index is 5.97. The molecule has 1 aromatic carbocycles. The number of benzene rings is 1. The zero-order valence-electron chi connectivity index (χ0n) is 15.0. The third kappa shape index (κ3) is 4.37. The van der Waals surface area contributed by atoms with Crippen molar-refractivity contribution in [1.82, 2.24) is 15.3 Å². The van der Waals surface area contributed by atoms with E-state index < -0.39 is 0 Å². The molecule has 3 aromatic rings. The number of hydrogen-bond donors (Lipinski definition) is 2. The number of anilines is 1. The van der Waals surface area contributed by atoms with E-state index in [1.807, 2.05) is 55.6 Å². The van der Waals surface area contributed by atoms with Crippen molar-refractivity contribution in [2.45, 2.75) is 13.8 Å². The second-order valence-electron chi connectivity index (χ2n) is 5.54. The number of thiazole rings is 1. The van der Waals surface area contributed by atoms with Crippen LogP contribution in [0, 0.1) is 6.92 Å². The van der Waals surface area contributed by atoms with Crippen molar-refractivity contribution in [3.63, 3.8) is 0 Å². The van der Waals surface area contributed by atoms with Crippen LogP contribution in [0.15, 0.2) is 53.0 Å². The molecule has 0 saturated heterocycles. The van der Waals surface area contributed by atoms with Crippen molar-refractivity contribution in [3.05, 3.63) is 53.5 Å². The number of aliphatic imine (C=N–C) groups is 1. The van der Waals surface area contributed by atoms with E-state index >= 15 is 0 Å². The highest BCUT2D eigenvalue weighted by atomic mass is 32.1. The second-order valence-corrected chi connectivity index (χ2v) is 6.39. The number of ether oxygens (including phenoxy) is 1. The molecule has 2 aromatic heterocycles. The maximum absolute atomic E-state index is 5.97. The predicted molar refractivity (Wildman–Crippen MR) is 107 cm³/mol. The van der Waals surface area contributed by atoms with Gasteiger partial charge in [0.15, 0.2) is 11.1 Å². The van der Waals surface area contributed by atoms with Crippen LogP contribution in [0.5, 0.6) is 11.6 Å². The third-order valence-electron chi connectivity index (χ3n) is 3.58. The molecule has 134 valence electrons. The first-order valence-corrected chi connectivity index (χ1v) is 9.20. The number of guanidine groups is 1. The van der Waals surface area contributed by atoms with E-state index in [2.05, 4.69) is 25.6 Å². The minimum Gasteiger partial charge on any atom is -0.438 e. The lowest BCUT2D eigenvalue weighted by molar-refractivity contribution is 0.464. The summed E-state index contributed by atoms with van der Waals surface area (Å²) in [6, 6.07) is 11.7. The zero-order chi connectivity index (χ0) is 18.4. The lowest BCUT2D eigenvalue weighted by Crippen LogP contribution is -2.30. The first-order valence-electron chi connectivity index (χ1n) is 8.32. The molecule has 0 saturated carbocycles. The third-order valence-corrected chi connectivity index (χ3v) is 4.34. The molecule has 2 heterocycles. The van der Waals surface area contributed by atoms with Crippen LogP contribution in [0.25, 0.3) is 11.3 Å². The van der Waals surface area contributed by atoms with Crippen LogP contribution >= 0.6 is 11.3 Å².